The predicted octanol–water partition coefficient (Wildman–Crippen LogP) is -0.158. The highest BCUT2D eigenvalue weighted by Gasteiger charge is 2.36. The molecule has 2 saturated heterocycles. The van der Waals surface area contributed by atoms with E-state index in [9.17, 15) is 9.90 Å². The van der Waals surface area contributed by atoms with E-state index in [4.69, 9.17) is 4.74 Å². The van der Waals surface area contributed by atoms with E-state index in [2.05, 4.69) is 14.9 Å². The van der Waals surface area contributed by atoms with E-state index in [-0.39, 0.29) is 5.91 Å². The molecule has 2 aliphatic rings. The molecule has 0 saturated carbocycles. The van der Waals surface area contributed by atoms with Crippen LogP contribution >= 0.6 is 0 Å². The number of hydrogen-bond acceptors (Lipinski definition) is 7. The number of aliphatic hydroxyl groups is 1. The van der Waals surface area contributed by atoms with E-state index in [0.717, 1.165) is 19.5 Å². The average Bonchev–Trinajstić information content (AvgIpc) is 2.61. The summed E-state index contributed by atoms with van der Waals surface area (Å²) in [7, 11) is 3.86. The normalized spacial score (nSPS) is 24.6. The Bertz CT molecular complexity index is 588. The molecule has 1 aromatic rings. The third-order valence-corrected chi connectivity index (χ3v) is 4.63. The number of likely N-dealkylation sites (tertiary alicyclic amines) is 1. The fraction of sp³-hybridized carbons (Fsp3) is 0.706. The zero-order valence-corrected chi connectivity index (χ0v) is 15.0. The van der Waals surface area contributed by atoms with E-state index in [0.29, 0.717) is 50.8 Å². The number of hydrogen-bond donors (Lipinski definition) is 1. The molecule has 1 atom stereocenters. The zero-order chi connectivity index (χ0) is 17.9. The predicted molar refractivity (Wildman–Crippen MR) is 93.7 cm³/mol. The summed E-state index contributed by atoms with van der Waals surface area (Å²) >= 11 is 0. The van der Waals surface area contributed by atoms with Crippen LogP contribution in [0.4, 0.5) is 5.95 Å². The maximum atomic E-state index is 12.7. The molecule has 3 heterocycles. The third kappa shape index (κ3) is 4.45. The summed E-state index contributed by atoms with van der Waals surface area (Å²) < 4.78 is 5.32. The standard InChI is InChI=1S/C17H27N5O3/c1-20(2)12-17(24)4-3-5-22(13-17)15(23)14-10-18-16(19-11-14)21-6-8-25-9-7-21/h10-11,24H,3-9,12-13H2,1-2H3/t17-/m1/s1. The van der Waals surface area contributed by atoms with Crippen LogP contribution < -0.4 is 4.90 Å². The van der Waals surface area contributed by atoms with Gasteiger partial charge in [0.1, 0.15) is 0 Å². The number of nitrogens with zero attached hydrogens (tertiary/aromatic N) is 5. The van der Waals surface area contributed by atoms with E-state index >= 15 is 0 Å². The monoisotopic (exact) mass is 349 g/mol. The lowest BCUT2D eigenvalue weighted by Crippen LogP contribution is -2.54. The number of aromatic nitrogens is 2. The van der Waals surface area contributed by atoms with Crippen molar-refractivity contribution in [2.24, 2.45) is 0 Å². The van der Waals surface area contributed by atoms with Crippen LogP contribution in [-0.4, -0.2) is 96.4 Å². The number of piperidine rings is 1. The second-order valence-electron chi connectivity index (χ2n) is 7.16. The van der Waals surface area contributed by atoms with Crippen molar-refractivity contribution < 1.29 is 14.6 Å². The Kier molecular flexibility index (Phi) is 5.51. The summed E-state index contributed by atoms with van der Waals surface area (Å²) in [6.45, 7) is 4.40. The molecule has 0 spiro atoms. The summed E-state index contributed by atoms with van der Waals surface area (Å²) in [5.74, 6) is 0.507. The number of anilines is 1. The van der Waals surface area contributed by atoms with Crippen LogP contribution in [0.15, 0.2) is 12.4 Å². The molecule has 0 aliphatic carbocycles. The van der Waals surface area contributed by atoms with Crippen LogP contribution in [0.2, 0.25) is 0 Å². The maximum absolute atomic E-state index is 12.7. The van der Waals surface area contributed by atoms with Gasteiger partial charge < -0.3 is 24.5 Å². The zero-order valence-electron chi connectivity index (χ0n) is 15.0. The van der Waals surface area contributed by atoms with Gasteiger partial charge in [-0.15, -0.1) is 0 Å². The molecule has 0 unspecified atom stereocenters. The third-order valence-electron chi connectivity index (χ3n) is 4.63. The Balaban J connectivity index is 1.65. The number of morpholine rings is 1. The topological polar surface area (TPSA) is 82.0 Å². The number of rotatable bonds is 4. The van der Waals surface area contributed by atoms with Gasteiger partial charge in [0, 0.05) is 38.6 Å². The fourth-order valence-electron chi connectivity index (χ4n) is 3.54. The molecule has 0 radical (unpaired) electrons. The van der Waals surface area contributed by atoms with Gasteiger partial charge in [-0.1, -0.05) is 0 Å². The quantitative estimate of drug-likeness (QED) is 0.809. The Hall–Kier alpha value is -1.77. The van der Waals surface area contributed by atoms with Gasteiger partial charge in [0.2, 0.25) is 5.95 Å². The molecule has 25 heavy (non-hydrogen) atoms. The molecule has 1 amide bonds. The first-order valence-electron chi connectivity index (χ1n) is 8.78. The molecule has 0 bridgehead atoms. The Morgan fingerprint density at radius 2 is 1.96 bits per heavy atom. The molecule has 1 N–H and O–H groups in total. The van der Waals surface area contributed by atoms with Gasteiger partial charge in [-0.3, -0.25) is 4.79 Å². The minimum atomic E-state index is -0.855. The first-order valence-corrected chi connectivity index (χ1v) is 8.78. The van der Waals surface area contributed by atoms with E-state index in [1.807, 2.05) is 19.0 Å². The number of carbonyl (C=O) groups excluding carboxylic acids is 1. The van der Waals surface area contributed by atoms with Crippen molar-refractivity contribution >= 4 is 11.9 Å². The maximum Gasteiger partial charge on any atom is 0.257 e. The van der Waals surface area contributed by atoms with Crippen molar-refractivity contribution in [2.75, 3.05) is 64.9 Å². The smallest absolute Gasteiger partial charge is 0.257 e. The molecule has 8 nitrogen and oxygen atoms in total. The molecule has 138 valence electrons. The van der Waals surface area contributed by atoms with Gasteiger partial charge in [-0.05, 0) is 26.9 Å². The summed E-state index contributed by atoms with van der Waals surface area (Å²) in [5.41, 5.74) is -0.391. The van der Waals surface area contributed by atoms with E-state index in [1.165, 1.54) is 0 Å². The van der Waals surface area contributed by atoms with Crippen LogP contribution in [0.1, 0.15) is 23.2 Å². The molecular formula is C17H27N5O3. The van der Waals surface area contributed by atoms with Gasteiger partial charge in [0.25, 0.3) is 5.91 Å². The first-order chi connectivity index (χ1) is 12.0. The van der Waals surface area contributed by atoms with Gasteiger partial charge >= 0.3 is 0 Å². The molecule has 0 aromatic carbocycles. The van der Waals surface area contributed by atoms with Gasteiger partial charge in [-0.25, -0.2) is 9.97 Å². The number of likely N-dealkylation sites (N-methyl/N-ethyl adjacent to an activating group) is 1. The van der Waals surface area contributed by atoms with Crippen molar-refractivity contribution in [3.8, 4) is 0 Å². The Morgan fingerprint density at radius 1 is 1.28 bits per heavy atom. The second-order valence-corrected chi connectivity index (χ2v) is 7.16. The Labute approximate surface area is 148 Å². The van der Waals surface area contributed by atoms with Crippen molar-refractivity contribution in [1.29, 1.82) is 0 Å². The van der Waals surface area contributed by atoms with Gasteiger partial charge in [0.05, 0.1) is 30.9 Å². The van der Waals surface area contributed by atoms with Gasteiger partial charge in [-0.2, -0.15) is 0 Å². The molecule has 1 aromatic heterocycles. The van der Waals surface area contributed by atoms with Crippen molar-refractivity contribution in [2.45, 2.75) is 18.4 Å². The number of amides is 1. The lowest BCUT2D eigenvalue weighted by molar-refractivity contribution is -0.0391. The number of β-amino-alcohol motifs (C(OH)–C–C–N with tert-alkyl or cyclic N) is 1. The molecule has 3 rings (SSSR count). The van der Waals surface area contributed by atoms with Crippen molar-refractivity contribution in [1.82, 2.24) is 19.8 Å². The summed E-state index contributed by atoms with van der Waals surface area (Å²) in [6, 6.07) is 0. The highest BCUT2D eigenvalue weighted by Crippen LogP contribution is 2.23. The van der Waals surface area contributed by atoms with Crippen LogP contribution in [0.3, 0.4) is 0 Å². The van der Waals surface area contributed by atoms with Crippen molar-refractivity contribution in [3.63, 3.8) is 0 Å². The summed E-state index contributed by atoms with van der Waals surface area (Å²) in [5, 5.41) is 10.7. The van der Waals surface area contributed by atoms with E-state index < -0.39 is 5.60 Å². The summed E-state index contributed by atoms with van der Waals surface area (Å²) in [6.07, 6.45) is 4.67. The van der Waals surface area contributed by atoms with Crippen LogP contribution in [0.25, 0.3) is 0 Å². The molecule has 2 aliphatic heterocycles. The van der Waals surface area contributed by atoms with Crippen LogP contribution in [0, 0.1) is 0 Å². The minimum Gasteiger partial charge on any atom is -0.387 e. The fourth-order valence-corrected chi connectivity index (χ4v) is 3.54. The SMILES string of the molecule is CN(C)C[C@]1(O)CCCN(C(=O)c2cnc(N3CCOCC3)nc2)C1. The first kappa shape index (κ1) is 18.0. The Morgan fingerprint density at radius 3 is 2.60 bits per heavy atom. The highest BCUT2D eigenvalue weighted by atomic mass is 16.5. The largest absolute Gasteiger partial charge is 0.387 e. The summed E-state index contributed by atoms with van der Waals surface area (Å²) in [4.78, 5) is 27.1. The second kappa shape index (κ2) is 7.63. The van der Waals surface area contributed by atoms with Crippen LogP contribution in [0.5, 0.6) is 0 Å². The van der Waals surface area contributed by atoms with Crippen molar-refractivity contribution in [3.05, 3.63) is 18.0 Å². The minimum absolute atomic E-state index is 0.120. The average molecular weight is 349 g/mol. The lowest BCUT2D eigenvalue weighted by atomic mass is 9.92. The molecule has 8 heteroatoms. The highest BCUT2D eigenvalue weighted by molar-refractivity contribution is 5.93. The number of carbonyl (C=O) groups is 1. The van der Waals surface area contributed by atoms with Gasteiger partial charge in [0.15, 0.2) is 0 Å². The lowest BCUT2D eigenvalue weighted by Gasteiger charge is -2.40. The van der Waals surface area contributed by atoms with Crippen LogP contribution in [-0.2, 0) is 4.74 Å². The molecular weight excluding hydrogens is 322 g/mol. The number of ether oxygens (including phenoxy) is 1. The van der Waals surface area contributed by atoms with E-state index in [1.54, 1.807) is 17.3 Å². The molecule has 2 fully saturated rings.